The van der Waals surface area contributed by atoms with Crippen molar-refractivity contribution in [2.24, 2.45) is 0 Å². The number of halogens is 2. The first-order chi connectivity index (χ1) is 20.4. The molecule has 12 nitrogen and oxygen atoms in total. The third-order valence-electron chi connectivity index (χ3n) is 7.02. The minimum Gasteiger partial charge on any atom is -0.744 e. The third kappa shape index (κ3) is 7.13. The van der Waals surface area contributed by atoms with Crippen LogP contribution in [0.4, 0.5) is 34.1 Å². The van der Waals surface area contributed by atoms with Gasteiger partial charge in [-0.1, -0.05) is 12.1 Å². The molecule has 6 N–H and O–H groups in total. The number of nitrogen functional groups attached to an aromatic ring is 2. The van der Waals surface area contributed by atoms with Gasteiger partial charge in [-0.2, -0.15) is 0 Å². The second-order valence-electron chi connectivity index (χ2n) is 9.92. The van der Waals surface area contributed by atoms with Crippen molar-refractivity contribution < 1.29 is 94.6 Å². The van der Waals surface area contributed by atoms with Crippen LogP contribution in [0.25, 0.3) is 0 Å². The molecule has 18 heteroatoms. The number of ketones is 2. The molecule has 0 heterocycles. The van der Waals surface area contributed by atoms with Gasteiger partial charge in [0.1, 0.15) is 20.2 Å². The summed E-state index contributed by atoms with van der Waals surface area (Å²) in [5.41, 5.74) is 12.7. The molecule has 0 aliphatic heterocycles. The molecule has 5 rings (SSSR count). The molecule has 0 saturated carbocycles. The molecule has 4 aromatic carbocycles. The van der Waals surface area contributed by atoms with E-state index in [9.17, 15) is 35.5 Å². The summed E-state index contributed by atoms with van der Waals surface area (Å²) >= 11 is 6.61. The molecule has 1 aliphatic rings. The van der Waals surface area contributed by atoms with Crippen LogP contribution in [0.1, 0.15) is 43.0 Å². The zero-order valence-electron chi connectivity index (χ0n) is 24.6. The molecule has 0 saturated heterocycles. The summed E-state index contributed by atoms with van der Waals surface area (Å²) in [5.74, 6) is -1.40. The van der Waals surface area contributed by atoms with Crippen molar-refractivity contribution in [2.45, 2.75) is 23.6 Å². The number of rotatable bonds is 6. The first-order valence-electron chi connectivity index (χ1n) is 12.4. The van der Waals surface area contributed by atoms with Crippen LogP contribution >= 0.6 is 31.9 Å². The first kappa shape index (κ1) is 38.6. The molecular formula is C28H20Br2N4Na2O8S2. The van der Waals surface area contributed by atoms with Gasteiger partial charge in [-0.3, -0.25) is 9.59 Å². The van der Waals surface area contributed by atoms with E-state index in [1.807, 2.05) is 0 Å². The van der Waals surface area contributed by atoms with Gasteiger partial charge >= 0.3 is 59.1 Å². The molecule has 0 radical (unpaired) electrons. The number of benzene rings is 4. The van der Waals surface area contributed by atoms with Crippen LogP contribution in [-0.2, 0) is 20.2 Å². The standard InChI is InChI=1S/C28H22Br2N4O8S2.2Na/c1-11-3-5-13(7-19(11)43(37,38)39)33-17-9-15(29)25(31)23-21(17)27(35)24-22(28(23)36)18(10-16(30)26(24)32)34-14-6-4-12(2)20(8-14)44(40,41)42;;/h3-10,33-34H,31-32H2,1-2H3,(H,37,38,39)(H,40,41,42);;/q;2*+1/p-2. The van der Waals surface area contributed by atoms with E-state index in [0.29, 0.717) is 0 Å². The van der Waals surface area contributed by atoms with Gasteiger partial charge in [0, 0.05) is 20.3 Å². The largest absolute Gasteiger partial charge is 1.00 e. The normalized spacial score (nSPS) is 12.4. The van der Waals surface area contributed by atoms with Gasteiger partial charge in [0.05, 0.1) is 54.8 Å². The van der Waals surface area contributed by atoms with Gasteiger partial charge in [-0.05, 0) is 93.2 Å². The van der Waals surface area contributed by atoms with Crippen molar-refractivity contribution in [3.8, 4) is 0 Å². The number of aryl methyl sites for hydroxylation is 2. The molecule has 0 fully saturated rings. The Morgan fingerprint density at radius 3 is 1.24 bits per heavy atom. The van der Waals surface area contributed by atoms with Gasteiger partial charge in [0.15, 0.2) is 11.6 Å². The summed E-state index contributed by atoms with van der Waals surface area (Å²) in [4.78, 5) is 27.4. The van der Waals surface area contributed by atoms with Gasteiger partial charge in [-0.15, -0.1) is 0 Å². The molecule has 0 aromatic heterocycles. The van der Waals surface area contributed by atoms with Gasteiger partial charge in [-0.25, -0.2) is 16.8 Å². The average molecular weight is 810 g/mol. The summed E-state index contributed by atoms with van der Waals surface area (Å²) in [6.07, 6.45) is 0. The van der Waals surface area contributed by atoms with E-state index >= 15 is 0 Å². The molecule has 0 atom stereocenters. The zero-order chi connectivity index (χ0) is 32.5. The Kier molecular flexibility index (Phi) is 11.7. The van der Waals surface area contributed by atoms with E-state index in [1.165, 1.54) is 50.2 Å². The Morgan fingerprint density at radius 2 is 0.935 bits per heavy atom. The Morgan fingerprint density at radius 1 is 0.609 bits per heavy atom. The van der Waals surface area contributed by atoms with E-state index in [1.54, 1.807) is 0 Å². The van der Waals surface area contributed by atoms with E-state index in [4.69, 9.17) is 11.5 Å². The fourth-order valence-electron chi connectivity index (χ4n) is 4.93. The topological polar surface area (TPSA) is 225 Å². The van der Waals surface area contributed by atoms with Crippen molar-refractivity contribution in [2.75, 3.05) is 22.1 Å². The van der Waals surface area contributed by atoms with Gasteiger partial charge in [0.2, 0.25) is 0 Å². The number of carbonyl (C=O) groups is 2. The molecule has 0 amide bonds. The van der Waals surface area contributed by atoms with Crippen LogP contribution in [0.5, 0.6) is 0 Å². The van der Waals surface area contributed by atoms with Crippen molar-refractivity contribution in [3.63, 3.8) is 0 Å². The number of nitrogens with two attached hydrogens (primary N) is 2. The molecule has 0 bridgehead atoms. The predicted molar refractivity (Wildman–Crippen MR) is 169 cm³/mol. The van der Waals surface area contributed by atoms with Crippen molar-refractivity contribution in [1.29, 1.82) is 0 Å². The maximum atomic E-state index is 14.2. The zero-order valence-corrected chi connectivity index (χ0v) is 33.4. The molecule has 4 aromatic rings. The van der Waals surface area contributed by atoms with Gasteiger partial charge < -0.3 is 31.2 Å². The van der Waals surface area contributed by atoms with Crippen molar-refractivity contribution >= 4 is 97.8 Å². The number of hydrogen-bond donors (Lipinski definition) is 4. The SMILES string of the molecule is Cc1ccc(Nc2cc(Br)c(N)c3c2C(=O)c2c(N)c(Br)cc(Nc4ccc(C)c(S(=O)(=O)[O-])c4)c2C3=O)cc1S(=O)(=O)[O-].[Na+].[Na+]. The maximum Gasteiger partial charge on any atom is 1.00 e. The average Bonchev–Trinajstić information content (AvgIpc) is 2.92. The van der Waals surface area contributed by atoms with E-state index in [0.717, 1.165) is 12.1 Å². The minimum absolute atomic E-state index is 0. The molecular weight excluding hydrogens is 790 g/mol. The van der Waals surface area contributed by atoms with Crippen LogP contribution in [0.3, 0.4) is 0 Å². The second-order valence-corrected chi connectivity index (χ2v) is 14.3. The van der Waals surface area contributed by atoms with Crippen LogP contribution in [0.15, 0.2) is 67.3 Å². The smallest absolute Gasteiger partial charge is 0.744 e. The van der Waals surface area contributed by atoms with Crippen LogP contribution < -0.4 is 81.2 Å². The molecule has 46 heavy (non-hydrogen) atoms. The number of fused-ring (bicyclic) bond motifs is 2. The van der Waals surface area contributed by atoms with Crippen molar-refractivity contribution in [3.05, 3.63) is 90.9 Å². The fourth-order valence-corrected chi connectivity index (χ4v) is 7.25. The van der Waals surface area contributed by atoms with Crippen LogP contribution in [0.2, 0.25) is 0 Å². The van der Waals surface area contributed by atoms with Crippen LogP contribution in [0, 0.1) is 13.8 Å². The molecule has 0 unspecified atom stereocenters. The summed E-state index contributed by atoms with van der Waals surface area (Å²) in [6.45, 7) is 2.91. The fraction of sp³-hybridized carbons (Fsp3) is 0.0714. The van der Waals surface area contributed by atoms with E-state index in [-0.39, 0.29) is 136 Å². The number of anilines is 6. The third-order valence-corrected chi connectivity index (χ3v) is 10.3. The van der Waals surface area contributed by atoms with E-state index < -0.39 is 41.6 Å². The summed E-state index contributed by atoms with van der Waals surface area (Å²) < 4.78 is 71.0. The first-order valence-corrected chi connectivity index (χ1v) is 16.8. The number of carbonyl (C=O) groups excluding carboxylic acids is 2. The Labute approximate surface area is 325 Å². The molecule has 1 aliphatic carbocycles. The molecule has 0 spiro atoms. The second kappa shape index (κ2) is 14.0. The Bertz CT molecular complexity index is 2040. The van der Waals surface area contributed by atoms with Crippen molar-refractivity contribution in [1.82, 2.24) is 0 Å². The number of nitrogens with one attached hydrogen (secondary N) is 2. The quantitative estimate of drug-likeness (QED) is 0.0928. The van der Waals surface area contributed by atoms with E-state index in [2.05, 4.69) is 42.5 Å². The predicted octanol–water partition coefficient (Wildman–Crippen LogP) is -0.928. The summed E-state index contributed by atoms with van der Waals surface area (Å²) in [7, 11) is -9.63. The maximum absolute atomic E-state index is 14.2. The number of hydrogen-bond acceptors (Lipinski definition) is 12. The Hall–Kier alpha value is -1.80. The summed E-state index contributed by atoms with van der Waals surface area (Å²) in [6, 6.07) is 10.9. The van der Waals surface area contributed by atoms with Gasteiger partial charge in [0.25, 0.3) is 0 Å². The molecule has 228 valence electrons. The monoisotopic (exact) mass is 808 g/mol. The van der Waals surface area contributed by atoms with Crippen LogP contribution in [-0.4, -0.2) is 37.5 Å². The Balaban J connectivity index is 0.00000288. The minimum atomic E-state index is -4.81. The summed E-state index contributed by atoms with van der Waals surface area (Å²) in [5, 5.41) is 5.84.